The molecule has 0 aromatic heterocycles. The molecule has 31 heavy (non-hydrogen) atoms. The molecular formula is C23H40N2O6. The first-order valence-corrected chi connectivity index (χ1v) is 10.7. The van der Waals surface area contributed by atoms with Crippen LogP contribution in [0.3, 0.4) is 0 Å². The third-order valence-corrected chi connectivity index (χ3v) is 5.09. The molecule has 1 heterocycles. The number of ether oxygens (including phenoxy) is 2. The Morgan fingerprint density at radius 1 is 0.935 bits per heavy atom. The molecule has 0 bridgehead atoms. The van der Waals surface area contributed by atoms with E-state index in [4.69, 9.17) is 9.47 Å². The van der Waals surface area contributed by atoms with Crippen LogP contribution in [0.1, 0.15) is 54.4 Å². The molecule has 0 saturated carbocycles. The molecule has 2 unspecified atom stereocenters. The van der Waals surface area contributed by atoms with Crippen LogP contribution in [-0.2, 0) is 19.1 Å². The molecule has 0 aromatic rings. The highest BCUT2D eigenvalue weighted by Crippen LogP contribution is 2.31. The fourth-order valence-electron chi connectivity index (χ4n) is 4.14. The van der Waals surface area contributed by atoms with Crippen LogP contribution in [0, 0.1) is 0 Å². The van der Waals surface area contributed by atoms with E-state index in [1.165, 1.54) is 0 Å². The zero-order valence-electron chi connectivity index (χ0n) is 19.9. The summed E-state index contributed by atoms with van der Waals surface area (Å²) in [6.45, 7) is 18.7. The van der Waals surface area contributed by atoms with E-state index in [0.717, 1.165) is 12.8 Å². The normalized spacial score (nSPS) is 20.0. The van der Waals surface area contributed by atoms with Crippen molar-refractivity contribution < 1.29 is 29.3 Å². The Morgan fingerprint density at radius 2 is 1.29 bits per heavy atom. The molecule has 2 atom stereocenters. The lowest BCUT2D eigenvalue weighted by Crippen LogP contribution is -2.63. The van der Waals surface area contributed by atoms with E-state index >= 15 is 0 Å². The highest BCUT2D eigenvalue weighted by atomic mass is 16.5. The van der Waals surface area contributed by atoms with Crippen LogP contribution in [0.15, 0.2) is 24.3 Å². The minimum atomic E-state index is -0.936. The predicted molar refractivity (Wildman–Crippen MR) is 119 cm³/mol. The Morgan fingerprint density at radius 3 is 1.61 bits per heavy atom. The van der Waals surface area contributed by atoms with E-state index in [9.17, 15) is 19.8 Å². The average molecular weight is 441 g/mol. The maximum absolute atomic E-state index is 11.6. The van der Waals surface area contributed by atoms with Crippen molar-refractivity contribution in [2.75, 3.05) is 26.3 Å². The molecule has 0 aliphatic carbocycles. The van der Waals surface area contributed by atoms with Crippen molar-refractivity contribution in [2.24, 2.45) is 0 Å². The van der Waals surface area contributed by atoms with Crippen molar-refractivity contribution in [3.63, 3.8) is 0 Å². The van der Waals surface area contributed by atoms with Crippen molar-refractivity contribution in [1.29, 1.82) is 0 Å². The highest BCUT2D eigenvalue weighted by molar-refractivity contribution is 5.87. The number of carbonyl (C=O) groups is 2. The number of hydrogen-bond acceptors (Lipinski definition) is 8. The van der Waals surface area contributed by atoms with E-state index < -0.39 is 24.1 Å². The van der Waals surface area contributed by atoms with Crippen molar-refractivity contribution in [1.82, 2.24) is 10.2 Å². The van der Waals surface area contributed by atoms with Crippen molar-refractivity contribution in [3.05, 3.63) is 24.3 Å². The summed E-state index contributed by atoms with van der Waals surface area (Å²) in [6, 6.07) is 0.0595. The number of carbonyl (C=O) groups excluding carboxylic acids is 2. The third-order valence-electron chi connectivity index (χ3n) is 5.09. The highest BCUT2D eigenvalue weighted by Gasteiger charge is 2.40. The summed E-state index contributed by atoms with van der Waals surface area (Å²) in [5.41, 5.74) is 0.250. The van der Waals surface area contributed by atoms with Crippen LogP contribution in [0.4, 0.5) is 0 Å². The summed E-state index contributed by atoms with van der Waals surface area (Å²) in [5, 5.41) is 24.6. The maximum atomic E-state index is 11.6. The SMILES string of the molecule is C=C(C)C(=O)OCC(O)CN(CC(O)COC(=O)C(=C)C)C1CC(C)(C)NC(C)(C)C1. The molecule has 8 heteroatoms. The summed E-state index contributed by atoms with van der Waals surface area (Å²) in [7, 11) is 0. The van der Waals surface area contributed by atoms with Gasteiger partial charge in [0.25, 0.3) is 0 Å². The van der Waals surface area contributed by atoms with Gasteiger partial charge in [0, 0.05) is 41.4 Å². The standard InChI is InChI=1S/C23H40N2O6/c1-15(2)20(28)30-13-18(26)11-25(12-19(27)14-31-21(29)16(3)4)17-9-22(5,6)24-23(7,8)10-17/h17-19,24,26-27H,1,3,9-14H2,2,4-8H3. The second-order valence-electron chi connectivity index (χ2n) is 9.97. The number of hydrogen-bond donors (Lipinski definition) is 3. The minimum Gasteiger partial charge on any atom is -0.460 e. The summed E-state index contributed by atoms with van der Waals surface area (Å²) < 4.78 is 10.2. The molecule has 0 spiro atoms. The summed E-state index contributed by atoms with van der Waals surface area (Å²) >= 11 is 0. The topological polar surface area (TPSA) is 108 Å². The number of aliphatic hydroxyl groups is 2. The lowest BCUT2D eigenvalue weighted by molar-refractivity contribution is -0.143. The molecule has 0 amide bonds. The van der Waals surface area contributed by atoms with Crippen LogP contribution in [0.25, 0.3) is 0 Å². The first-order valence-electron chi connectivity index (χ1n) is 10.7. The van der Waals surface area contributed by atoms with Gasteiger partial charge in [0.2, 0.25) is 0 Å². The molecule has 3 N–H and O–H groups in total. The van der Waals surface area contributed by atoms with Crippen LogP contribution in [0.5, 0.6) is 0 Å². The minimum absolute atomic E-state index is 0.0595. The molecule has 178 valence electrons. The third kappa shape index (κ3) is 9.95. The van der Waals surface area contributed by atoms with Gasteiger partial charge in [-0.3, -0.25) is 4.90 Å². The van der Waals surface area contributed by atoms with Gasteiger partial charge in [-0.1, -0.05) is 13.2 Å². The number of nitrogens with zero attached hydrogens (tertiary/aromatic N) is 1. The zero-order chi connectivity index (χ0) is 24.0. The average Bonchev–Trinajstić information content (AvgIpc) is 2.60. The Labute approximate surface area is 186 Å². The van der Waals surface area contributed by atoms with E-state index in [2.05, 4.69) is 46.2 Å². The largest absolute Gasteiger partial charge is 0.460 e. The van der Waals surface area contributed by atoms with Crippen LogP contribution >= 0.6 is 0 Å². The second kappa shape index (κ2) is 11.2. The predicted octanol–water partition coefficient (Wildman–Crippen LogP) is 1.56. The first kappa shape index (κ1) is 27.3. The molecule has 0 aromatic carbocycles. The van der Waals surface area contributed by atoms with Crippen molar-refractivity contribution in [2.45, 2.75) is 83.7 Å². The molecule has 1 saturated heterocycles. The smallest absolute Gasteiger partial charge is 0.333 e. The number of aliphatic hydroxyl groups excluding tert-OH is 2. The maximum Gasteiger partial charge on any atom is 0.333 e. The Hall–Kier alpha value is -1.74. The van der Waals surface area contributed by atoms with E-state index in [-0.39, 0.29) is 54.6 Å². The van der Waals surface area contributed by atoms with Gasteiger partial charge < -0.3 is 25.0 Å². The number of piperidine rings is 1. The molecule has 1 aliphatic heterocycles. The van der Waals surface area contributed by atoms with Gasteiger partial charge in [0.05, 0.1) is 0 Å². The Balaban J connectivity index is 2.88. The first-order chi connectivity index (χ1) is 14.1. The molecule has 0 radical (unpaired) electrons. The van der Waals surface area contributed by atoms with Gasteiger partial charge in [-0.25, -0.2) is 9.59 Å². The van der Waals surface area contributed by atoms with Crippen molar-refractivity contribution >= 4 is 11.9 Å². The lowest BCUT2D eigenvalue weighted by atomic mass is 9.79. The van der Waals surface area contributed by atoms with Gasteiger partial charge in [0.1, 0.15) is 25.4 Å². The van der Waals surface area contributed by atoms with Crippen LogP contribution < -0.4 is 5.32 Å². The van der Waals surface area contributed by atoms with Crippen molar-refractivity contribution in [3.8, 4) is 0 Å². The van der Waals surface area contributed by atoms with Gasteiger partial charge in [-0.15, -0.1) is 0 Å². The van der Waals surface area contributed by atoms with Gasteiger partial charge in [0.15, 0.2) is 0 Å². The number of nitrogens with one attached hydrogen (secondary N) is 1. The fourth-order valence-corrected chi connectivity index (χ4v) is 4.14. The summed E-state index contributed by atoms with van der Waals surface area (Å²) in [6.07, 6.45) is -0.274. The van der Waals surface area contributed by atoms with Gasteiger partial charge >= 0.3 is 11.9 Å². The molecule has 1 fully saturated rings. The molecule has 1 aliphatic rings. The van der Waals surface area contributed by atoms with E-state index in [1.54, 1.807) is 13.8 Å². The fraction of sp³-hybridized carbons (Fsp3) is 0.739. The number of rotatable bonds is 11. The summed E-state index contributed by atoms with van der Waals surface area (Å²) in [4.78, 5) is 25.3. The molecule has 8 nitrogen and oxygen atoms in total. The Bertz CT molecular complexity index is 619. The number of esters is 2. The van der Waals surface area contributed by atoms with Crippen LogP contribution in [0.2, 0.25) is 0 Å². The quantitative estimate of drug-likeness (QED) is 0.328. The summed E-state index contributed by atoms with van der Waals surface area (Å²) in [5.74, 6) is -1.11. The monoisotopic (exact) mass is 440 g/mol. The second-order valence-corrected chi connectivity index (χ2v) is 9.97. The molecular weight excluding hydrogens is 400 g/mol. The van der Waals surface area contributed by atoms with Gasteiger partial charge in [-0.2, -0.15) is 0 Å². The lowest BCUT2D eigenvalue weighted by Gasteiger charge is -2.50. The van der Waals surface area contributed by atoms with E-state index in [1.807, 2.05) is 4.90 Å². The Kier molecular flexibility index (Phi) is 9.88. The zero-order valence-corrected chi connectivity index (χ0v) is 19.9. The molecule has 1 rings (SSSR count). The van der Waals surface area contributed by atoms with Gasteiger partial charge in [-0.05, 0) is 54.4 Å². The van der Waals surface area contributed by atoms with E-state index in [0.29, 0.717) is 0 Å². The van der Waals surface area contributed by atoms with Crippen LogP contribution in [-0.4, -0.2) is 82.7 Å².